The molecule has 5 rings (SSSR count). The summed E-state index contributed by atoms with van der Waals surface area (Å²) in [4.78, 5) is 17.5. The van der Waals surface area contributed by atoms with Crippen molar-refractivity contribution < 1.29 is 14.3 Å². The Labute approximate surface area is 218 Å². The molecular formula is C28H25N5O3S. The Balaban J connectivity index is 1.39. The van der Waals surface area contributed by atoms with Crippen LogP contribution in [0.2, 0.25) is 0 Å². The van der Waals surface area contributed by atoms with Crippen molar-refractivity contribution in [2.24, 2.45) is 7.05 Å². The zero-order valence-electron chi connectivity index (χ0n) is 20.6. The molecule has 2 heterocycles. The van der Waals surface area contributed by atoms with Crippen molar-refractivity contribution in [3.05, 3.63) is 78.9 Å². The number of benzene rings is 3. The zero-order valence-corrected chi connectivity index (χ0v) is 21.5. The number of hydrogen-bond acceptors (Lipinski definition) is 7. The van der Waals surface area contributed by atoms with Gasteiger partial charge in [0.15, 0.2) is 11.0 Å². The number of pyridine rings is 1. The van der Waals surface area contributed by atoms with E-state index in [2.05, 4.69) is 15.5 Å². The number of nitrogens with one attached hydrogen (secondary N) is 1. The number of para-hydroxylation sites is 1. The van der Waals surface area contributed by atoms with Gasteiger partial charge >= 0.3 is 0 Å². The predicted octanol–water partition coefficient (Wildman–Crippen LogP) is 5.45. The normalized spacial score (nSPS) is 10.9. The molecule has 1 N–H and O–H groups in total. The second kappa shape index (κ2) is 10.7. The van der Waals surface area contributed by atoms with Crippen LogP contribution in [0.15, 0.2) is 84.0 Å². The molecule has 0 unspecified atom stereocenters. The number of thioether (sulfide) groups is 1. The van der Waals surface area contributed by atoms with Gasteiger partial charge in [-0.3, -0.25) is 4.79 Å². The monoisotopic (exact) mass is 511 g/mol. The van der Waals surface area contributed by atoms with Crippen LogP contribution in [0.1, 0.15) is 0 Å². The lowest BCUT2D eigenvalue weighted by Crippen LogP contribution is -2.15. The topological polar surface area (TPSA) is 91.2 Å². The molecule has 0 aliphatic rings. The van der Waals surface area contributed by atoms with Crippen LogP contribution in [-0.2, 0) is 11.8 Å². The van der Waals surface area contributed by atoms with E-state index >= 15 is 0 Å². The summed E-state index contributed by atoms with van der Waals surface area (Å²) >= 11 is 1.31. The molecule has 0 aliphatic heterocycles. The zero-order chi connectivity index (χ0) is 25.8. The first kappa shape index (κ1) is 24.3. The highest BCUT2D eigenvalue weighted by Crippen LogP contribution is 2.33. The smallest absolute Gasteiger partial charge is 0.234 e. The van der Waals surface area contributed by atoms with Crippen LogP contribution < -0.4 is 14.8 Å². The SMILES string of the molecule is COc1ccc(NC(=O)CSc2nnc(-c3cc(-c4ccccc4)nc4ccccc34)n2C)c(OC)c1. The van der Waals surface area contributed by atoms with Gasteiger partial charge in [0.1, 0.15) is 11.5 Å². The minimum Gasteiger partial charge on any atom is -0.497 e. The number of hydrogen-bond donors (Lipinski definition) is 1. The van der Waals surface area contributed by atoms with Gasteiger partial charge in [-0.15, -0.1) is 10.2 Å². The molecule has 0 saturated heterocycles. The summed E-state index contributed by atoms with van der Waals surface area (Å²) in [5, 5.41) is 13.4. The van der Waals surface area contributed by atoms with Crippen molar-refractivity contribution in [2.75, 3.05) is 25.3 Å². The van der Waals surface area contributed by atoms with E-state index in [1.807, 2.05) is 72.3 Å². The third kappa shape index (κ3) is 5.12. The fourth-order valence-corrected chi connectivity index (χ4v) is 4.72. The van der Waals surface area contributed by atoms with Gasteiger partial charge in [-0.25, -0.2) is 4.98 Å². The van der Waals surface area contributed by atoms with Crippen LogP contribution in [0.5, 0.6) is 11.5 Å². The number of rotatable bonds is 8. The first-order chi connectivity index (χ1) is 18.1. The fourth-order valence-electron chi connectivity index (χ4n) is 4.01. The first-order valence-corrected chi connectivity index (χ1v) is 12.6. The lowest BCUT2D eigenvalue weighted by Gasteiger charge is -2.12. The van der Waals surface area contributed by atoms with E-state index in [-0.39, 0.29) is 11.7 Å². The lowest BCUT2D eigenvalue weighted by molar-refractivity contribution is -0.113. The molecule has 5 aromatic rings. The molecule has 3 aromatic carbocycles. The highest BCUT2D eigenvalue weighted by molar-refractivity contribution is 7.99. The molecule has 8 nitrogen and oxygen atoms in total. The highest BCUT2D eigenvalue weighted by Gasteiger charge is 2.18. The number of anilines is 1. The van der Waals surface area contributed by atoms with E-state index in [1.165, 1.54) is 11.8 Å². The van der Waals surface area contributed by atoms with Gasteiger partial charge in [-0.2, -0.15) is 0 Å². The molecule has 37 heavy (non-hydrogen) atoms. The summed E-state index contributed by atoms with van der Waals surface area (Å²) < 4.78 is 12.5. The van der Waals surface area contributed by atoms with E-state index in [0.29, 0.717) is 28.2 Å². The maximum absolute atomic E-state index is 12.7. The number of ether oxygens (including phenoxy) is 2. The molecule has 2 aromatic heterocycles. The van der Waals surface area contributed by atoms with Crippen molar-refractivity contribution in [1.82, 2.24) is 19.7 Å². The fraction of sp³-hybridized carbons (Fsp3) is 0.143. The molecule has 186 valence electrons. The van der Waals surface area contributed by atoms with Crippen molar-refractivity contribution in [2.45, 2.75) is 5.16 Å². The first-order valence-electron chi connectivity index (χ1n) is 11.6. The lowest BCUT2D eigenvalue weighted by atomic mass is 10.0. The van der Waals surface area contributed by atoms with Crippen molar-refractivity contribution in [3.8, 4) is 34.1 Å². The Kier molecular flexibility index (Phi) is 7.04. The number of methoxy groups -OCH3 is 2. The summed E-state index contributed by atoms with van der Waals surface area (Å²) in [7, 11) is 5.03. The predicted molar refractivity (Wildman–Crippen MR) is 146 cm³/mol. The summed E-state index contributed by atoms with van der Waals surface area (Å²) in [5.41, 5.74) is 4.27. The number of carbonyl (C=O) groups is 1. The highest BCUT2D eigenvalue weighted by atomic mass is 32.2. The summed E-state index contributed by atoms with van der Waals surface area (Å²) in [6.07, 6.45) is 0. The van der Waals surface area contributed by atoms with E-state index in [1.54, 1.807) is 32.4 Å². The number of aromatic nitrogens is 4. The van der Waals surface area contributed by atoms with Crippen LogP contribution in [-0.4, -0.2) is 45.6 Å². The second-order valence-electron chi connectivity index (χ2n) is 8.21. The Hall–Kier alpha value is -4.37. The van der Waals surface area contributed by atoms with Crippen molar-refractivity contribution in [1.29, 1.82) is 0 Å². The van der Waals surface area contributed by atoms with Crippen molar-refractivity contribution in [3.63, 3.8) is 0 Å². The number of amides is 1. The Morgan fingerprint density at radius 3 is 2.51 bits per heavy atom. The number of nitrogens with zero attached hydrogens (tertiary/aromatic N) is 4. The Morgan fingerprint density at radius 1 is 0.946 bits per heavy atom. The number of carbonyl (C=O) groups excluding carboxylic acids is 1. The summed E-state index contributed by atoms with van der Waals surface area (Å²) in [6, 6.07) is 25.3. The standard InChI is InChI=1S/C28H25N5O3S/c1-33-27(21-16-24(18-9-5-4-6-10-18)29-22-12-8-7-11-20(21)22)31-32-28(33)37-17-26(34)30-23-14-13-19(35-2)15-25(23)36-3/h4-16H,17H2,1-3H3,(H,30,34). The molecule has 0 atom stereocenters. The third-order valence-corrected chi connectivity index (χ3v) is 6.90. The van der Waals surface area contributed by atoms with Gasteiger partial charge in [0.25, 0.3) is 0 Å². The van der Waals surface area contributed by atoms with E-state index in [4.69, 9.17) is 14.5 Å². The second-order valence-corrected chi connectivity index (χ2v) is 9.15. The molecule has 0 spiro atoms. The van der Waals surface area contributed by atoms with Gasteiger partial charge < -0.3 is 19.4 Å². The van der Waals surface area contributed by atoms with Gasteiger partial charge in [-0.1, -0.05) is 60.3 Å². The molecule has 0 radical (unpaired) electrons. The van der Waals surface area contributed by atoms with Gasteiger partial charge in [-0.05, 0) is 24.3 Å². The summed E-state index contributed by atoms with van der Waals surface area (Å²) in [5.74, 6) is 1.86. The minimum absolute atomic E-state index is 0.160. The van der Waals surface area contributed by atoms with E-state index in [0.717, 1.165) is 27.7 Å². The van der Waals surface area contributed by atoms with Crippen LogP contribution in [0, 0.1) is 0 Å². The van der Waals surface area contributed by atoms with Crippen LogP contribution in [0.4, 0.5) is 5.69 Å². The van der Waals surface area contributed by atoms with Gasteiger partial charge in [0.2, 0.25) is 5.91 Å². The number of fused-ring (bicyclic) bond motifs is 1. The van der Waals surface area contributed by atoms with Crippen LogP contribution in [0.3, 0.4) is 0 Å². The molecule has 0 bridgehead atoms. The maximum Gasteiger partial charge on any atom is 0.234 e. The average Bonchev–Trinajstić information content (AvgIpc) is 3.31. The maximum atomic E-state index is 12.7. The third-order valence-electron chi connectivity index (χ3n) is 5.88. The van der Waals surface area contributed by atoms with Gasteiger partial charge in [0, 0.05) is 29.6 Å². The Morgan fingerprint density at radius 2 is 1.73 bits per heavy atom. The van der Waals surface area contributed by atoms with Crippen molar-refractivity contribution >= 4 is 34.3 Å². The van der Waals surface area contributed by atoms with Gasteiger partial charge in [0.05, 0.1) is 36.9 Å². The molecule has 1 amide bonds. The largest absolute Gasteiger partial charge is 0.497 e. The van der Waals surface area contributed by atoms with E-state index < -0.39 is 0 Å². The quantitative estimate of drug-likeness (QED) is 0.277. The Bertz CT molecular complexity index is 1570. The average molecular weight is 512 g/mol. The molecular weight excluding hydrogens is 486 g/mol. The molecule has 0 saturated carbocycles. The minimum atomic E-state index is -0.182. The van der Waals surface area contributed by atoms with Crippen LogP contribution >= 0.6 is 11.8 Å². The molecule has 0 fully saturated rings. The molecule has 0 aliphatic carbocycles. The molecule has 9 heteroatoms. The van der Waals surface area contributed by atoms with E-state index in [9.17, 15) is 4.79 Å². The summed E-state index contributed by atoms with van der Waals surface area (Å²) in [6.45, 7) is 0. The van der Waals surface area contributed by atoms with Crippen LogP contribution in [0.25, 0.3) is 33.5 Å².